The van der Waals surface area contributed by atoms with Crippen LogP contribution in [0.3, 0.4) is 0 Å². The first-order valence-corrected chi connectivity index (χ1v) is 11.2. The third-order valence-corrected chi connectivity index (χ3v) is 6.48. The van der Waals surface area contributed by atoms with E-state index in [1.165, 1.54) is 11.6 Å². The van der Waals surface area contributed by atoms with Gasteiger partial charge in [0.2, 0.25) is 5.91 Å². The quantitative estimate of drug-likeness (QED) is 0.564. The molecule has 0 atom stereocenters. The maximum Gasteiger partial charge on any atom is 0.433 e. The van der Waals surface area contributed by atoms with Crippen molar-refractivity contribution in [3.05, 3.63) is 70.9 Å². The Morgan fingerprint density at radius 3 is 2.56 bits per heavy atom. The minimum atomic E-state index is -4.49. The van der Waals surface area contributed by atoms with Crippen LogP contribution in [0, 0.1) is 19.8 Å². The van der Waals surface area contributed by atoms with Crippen molar-refractivity contribution in [2.24, 2.45) is 5.92 Å². The molecule has 3 aromatic heterocycles. The van der Waals surface area contributed by atoms with E-state index in [4.69, 9.17) is 0 Å². The second-order valence-electron chi connectivity index (χ2n) is 9.06. The number of aryl methyl sites for hydroxylation is 2. The van der Waals surface area contributed by atoms with Crippen LogP contribution in [0.2, 0.25) is 0 Å². The van der Waals surface area contributed by atoms with Crippen molar-refractivity contribution < 1.29 is 18.0 Å². The summed E-state index contributed by atoms with van der Waals surface area (Å²) in [5.41, 5.74) is 4.41. The first kappa shape index (κ1) is 22.3. The predicted octanol–water partition coefficient (Wildman–Crippen LogP) is 4.54. The van der Waals surface area contributed by atoms with Crippen LogP contribution in [-0.4, -0.2) is 38.8 Å². The number of pyridine rings is 3. The number of hydrogen-bond acceptors (Lipinski definition) is 5. The Bertz CT molecular complexity index is 1240. The normalized spacial score (nSPS) is 15.9. The molecule has 34 heavy (non-hydrogen) atoms. The molecule has 0 spiro atoms. The summed E-state index contributed by atoms with van der Waals surface area (Å²) in [6, 6.07) is 8.17. The van der Waals surface area contributed by atoms with Crippen molar-refractivity contribution in [2.45, 2.75) is 39.5 Å². The van der Waals surface area contributed by atoms with E-state index in [1.807, 2.05) is 11.8 Å². The van der Waals surface area contributed by atoms with Crippen LogP contribution >= 0.6 is 0 Å². The van der Waals surface area contributed by atoms with Gasteiger partial charge in [0, 0.05) is 55.6 Å². The lowest BCUT2D eigenvalue weighted by molar-refractivity contribution is -0.141. The third-order valence-electron chi connectivity index (χ3n) is 6.48. The van der Waals surface area contributed by atoms with E-state index in [2.05, 4.69) is 32.8 Å². The minimum Gasteiger partial charge on any atom is -0.356 e. The molecule has 1 amide bonds. The van der Waals surface area contributed by atoms with Crippen LogP contribution in [0.1, 0.15) is 34.6 Å². The molecule has 1 fully saturated rings. The van der Waals surface area contributed by atoms with Gasteiger partial charge in [-0.25, -0.2) is 4.98 Å². The molecule has 176 valence electrons. The van der Waals surface area contributed by atoms with Crippen LogP contribution < -0.4 is 4.90 Å². The van der Waals surface area contributed by atoms with E-state index in [0.717, 1.165) is 48.1 Å². The summed E-state index contributed by atoms with van der Waals surface area (Å²) < 4.78 is 38.8. The summed E-state index contributed by atoms with van der Waals surface area (Å²) in [6.45, 7) is 6.68. The molecule has 1 saturated heterocycles. The molecule has 2 aliphatic rings. The van der Waals surface area contributed by atoms with E-state index in [0.29, 0.717) is 30.6 Å². The summed E-state index contributed by atoms with van der Waals surface area (Å²) in [6.07, 6.45) is -1.28. The number of carbonyl (C=O) groups is 1. The number of alkyl halides is 3. The number of halogens is 3. The second kappa shape index (κ2) is 8.38. The summed E-state index contributed by atoms with van der Waals surface area (Å²) in [7, 11) is 0. The zero-order chi connectivity index (χ0) is 24.0. The van der Waals surface area contributed by atoms with Crippen molar-refractivity contribution in [2.75, 3.05) is 18.0 Å². The Hall–Kier alpha value is -3.49. The average Bonchev–Trinajstić information content (AvgIpc) is 3.20. The van der Waals surface area contributed by atoms with Crippen LogP contribution in [0.25, 0.3) is 11.1 Å². The van der Waals surface area contributed by atoms with Gasteiger partial charge < -0.3 is 9.80 Å². The van der Waals surface area contributed by atoms with E-state index in [1.54, 1.807) is 18.3 Å². The fraction of sp³-hybridized carbons (Fsp3) is 0.360. The number of nitrogens with zero attached hydrogens (tertiary/aromatic N) is 5. The van der Waals surface area contributed by atoms with E-state index in [9.17, 15) is 18.0 Å². The Morgan fingerprint density at radius 1 is 1.06 bits per heavy atom. The van der Waals surface area contributed by atoms with E-state index >= 15 is 0 Å². The van der Waals surface area contributed by atoms with Gasteiger partial charge in [-0.05, 0) is 60.9 Å². The van der Waals surface area contributed by atoms with Crippen molar-refractivity contribution in [3.63, 3.8) is 0 Å². The smallest absolute Gasteiger partial charge is 0.356 e. The monoisotopic (exact) mass is 467 g/mol. The summed E-state index contributed by atoms with van der Waals surface area (Å²) in [4.78, 5) is 29.2. The van der Waals surface area contributed by atoms with Gasteiger partial charge in [-0.2, -0.15) is 13.2 Å². The molecule has 0 bridgehead atoms. The highest BCUT2D eigenvalue weighted by Crippen LogP contribution is 2.32. The minimum absolute atomic E-state index is 0.140. The van der Waals surface area contributed by atoms with E-state index in [-0.39, 0.29) is 11.8 Å². The number of anilines is 1. The Kier molecular flexibility index (Phi) is 5.50. The van der Waals surface area contributed by atoms with Crippen LogP contribution in [0.5, 0.6) is 0 Å². The molecule has 0 saturated carbocycles. The van der Waals surface area contributed by atoms with Crippen molar-refractivity contribution in [3.8, 4) is 11.1 Å². The fourth-order valence-corrected chi connectivity index (χ4v) is 4.66. The third kappa shape index (κ3) is 4.34. The maximum atomic E-state index is 12.9. The highest BCUT2D eigenvalue weighted by Gasteiger charge is 2.34. The lowest BCUT2D eigenvalue weighted by atomic mass is 9.95. The summed E-state index contributed by atoms with van der Waals surface area (Å²) in [5, 5.41) is 0. The Morgan fingerprint density at radius 2 is 1.85 bits per heavy atom. The number of rotatable bonds is 4. The number of fused-ring (bicyclic) bond motifs is 1. The number of aromatic nitrogens is 3. The van der Waals surface area contributed by atoms with Crippen molar-refractivity contribution in [1.29, 1.82) is 0 Å². The standard InChI is InChI=1S/C25H24F3N5O/c1-15-7-16(2)31-21-14-33(13-20(15)21)24(34)8-17-11-32(12-17)23-4-3-19(10-30-23)18-5-6-29-22(9-18)25(26,27)28/h3-7,9-10,17H,8,11-14H2,1-2H3. The molecule has 3 aromatic rings. The molecular weight excluding hydrogens is 443 g/mol. The highest BCUT2D eigenvalue weighted by atomic mass is 19.4. The van der Waals surface area contributed by atoms with Gasteiger partial charge in [-0.1, -0.05) is 0 Å². The van der Waals surface area contributed by atoms with E-state index < -0.39 is 11.9 Å². The zero-order valence-corrected chi connectivity index (χ0v) is 18.9. The number of amides is 1. The van der Waals surface area contributed by atoms with Crippen molar-refractivity contribution in [1.82, 2.24) is 19.9 Å². The molecule has 9 heteroatoms. The second-order valence-corrected chi connectivity index (χ2v) is 9.06. The van der Waals surface area contributed by atoms with Gasteiger partial charge in [0.25, 0.3) is 0 Å². The highest BCUT2D eigenvalue weighted by molar-refractivity contribution is 5.77. The van der Waals surface area contributed by atoms with Crippen molar-refractivity contribution >= 4 is 11.7 Å². The van der Waals surface area contributed by atoms with Gasteiger partial charge in [0.1, 0.15) is 11.5 Å². The van der Waals surface area contributed by atoms with Crippen LogP contribution in [0.15, 0.2) is 42.7 Å². The van der Waals surface area contributed by atoms with Gasteiger partial charge in [-0.3, -0.25) is 14.8 Å². The van der Waals surface area contributed by atoms with Gasteiger partial charge in [-0.15, -0.1) is 0 Å². The first-order valence-electron chi connectivity index (χ1n) is 11.2. The SMILES string of the molecule is Cc1cc(C)c2c(n1)CN(C(=O)CC1CN(c3ccc(-c4ccnc(C(F)(F)F)c4)cn3)C1)C2. The number of hydrogen-bond donors (Lipinski definition) is 0. The molecule has 2 aliphatic heterocycles. The lowest BCUT2D eigenvalue weighted by Crippen LogP contribution is -2.49. The molecule has 5 heterocycles. The topological polar surface area (TPSA) is 62.2 Å². The van der Waals surface area contributed by atoms with Crippen LogP contribution in [0.4, 0.5) is 19.0 Å². The molecular formula is C25H24F3N5O. The number of carbonyl (C=O) groups excluding carboxylic acids is 1. The molecule has 0 N–H and O–H groups in total. The molecule has 5 rings (SSSR count). The Balaban J connectivity index is 1.16. The molecule has 6 nitrogen and oxygen atoms in total. The molecule has 0 unspecified atom stereocenters. The van der Waals surface area contributed by atoms with Gasteiger partial charge >= 0.3 is 6.18 Å². The molecule has 0 aliphatic carbocycles. The average molecular weight is 467 g/mol. The predicted molar refractivity (Wildman–Crippen MR) is 121 cm³/mol. The van der Waals surface area contributed by atoms with Gasteiger partial charge in [0.15, 0.2) is 0 Å². The van der Waals surface area contributed by atoms with Gasteiger partial charge in [0.05, 0.1) is 12.2 Å². The lowest BCUT2D eigenvalue weighted by Gasteiger charge is -2.40. The summed E-state index contributed by atoms with van der Waals surface area (Å²) >= 11 is 0. The Labute approximate surface area is 195 Å². The largest absolute Gasteiger partial charge is 0.433 e. The zero-order valence-electron chi connectivity index (χ0n) is 18.9. The summed E-state index contributed by atoms with van der Waals surface area (Å²) in [5.74, 6) is 1.14. The maximum absolute atomic E-state index is 12.9. The van der Waals surface area contributed by atoms with Crippen LogP contribution in [-0.2, 0) is 24.1 Å². The fourth-order valence-electron chi connectivity index (χ4n) is 4.66. The first-order chi connectivity index (χ1) is 16.2. The molecule has 0 aromatic carbocycles. The molecule has 0 radical (unpaired) electrons.